The summed E-state index contributed by atoms with van der Waals surface area (Å²) in [4.78, 5) is 0. The van der Waals surface area contributed by atoms with E-state index in [4.69, 9.17) is 4.74 Å². The Labute approximate surface area is 139 Å². The summed E-state index contributed by atoms with van der Waals surface area (Å²) in [7, 11) is 1.66. The van der Waals surface area contributed by atoms with E-state index in [0.717, 1.165) is 28.5 Å². The van der Waals surface area contributed by atoms with Crippen LogP contribution in [0, 0.1) is 0 Å². The Bertz CT molecular complexity index is 943. The number of methoxy groups -OCH3 is 1. The van der Waals surface area contributed by atoms with Crippen molar-refractivity contribution >= 4 is 0 Å². The minimum Gasteiger partial charge on any atom is -0.496 e. The minimum atomic E-state index is 0.769. The fourth-order valence-corrected chi connectivity index (χ4v) is 2.74. The number of aromatic nitrogens is 4. The van der Waals surface area contributed by atoms with Gasteiger partial charge < -0.3 is 9.30 Å². The highest BCUT2D eigenvalue weighted by atomic mass is 16.5. The highest BCUT2D eigenvalue weighted by Gasteiger charge is 2.19. The van der Waals surface area contributed by atoms with Crippen LogP contribution in [0.15, 0.2) is 79.1 Å². The van der Waals surface area contributed by atoms with Crippen molar-refractivity contribution in [2.24, 2.45) is 0 Å². The predicted octanol–water partition coefficient (Wildman–Crippen LogP) is 3.73. The van der Waals surface area contributed by atoms with Gasteiger partial charge in [-0.2, -0.15) is 4.68 Å². The molecule has 0 saturated heterocycles. The van der Waals surface area contributed by atoms with E-state index in [1.807, 2.05) is 88.4 Å². The fourth-order valence-electron chi connectivity index (χ4n) is 2.74. The van der Waals surface area contributed by atoms with E-state index < -0.39 is 0 Å². The van der Waals surface area contributed by atoms with Crippen molar-refractivity contribution in [2.45, 2.75) is 0 Å². The van der Waals surface area contributed by atoms with Crippen LogP contribution < -0.4 is 4.74 Å². The largest absolute Gasteiger partial charge is 0.496 e. The molecule has 0 bridgehead atoms. The second kappa shape index (κ2) is 6.04. The third kappa shape index (κ3) is 2.36. The van der Waals surface area contributed by atoms with Crippen LogP contribution in [0.25, 0.3) is 22.8 Å². The fraction of sp³-hybridized carbons (Fsp3) is 0.0526. The molecule has 2 heterocycles. The lowest BCUT2D eigenvalue weighted by molar-refractivity contribution is 0.416. The minimum absolute atomic E-state index is 0.769. The van der Waals surface area contributed by atoms with Crippen molar-refractivity contribution in [1.82, 2.24) is 19.6 Å². The third-order valence-corrected chi connectivity index (χ3v) is 3.86. The molecule has 0 saturated carbocycles. The van der Waals surface area contributed by atoms with Gasteiger partial charge in [-0.15, -0.1) is 5.10 Å². The number of nitrogens with zero attached hydrogens (tertiary/aromatic N) is 4. The lowest BCUT2D eigenvalue weighted by atomic mass is 10.1. The quantitative estimate of drug-likeness (QED) is 0.576. The molecule has 0 fully saturated rings. The number of hydrogen-bond donors (Lipinski definition) is 0. The lowest BCUT2D eigenvalue weighted by Gasteiger charge is -2.11. The van der Waals surface area contributed by atoms with Gasteiger partial charge in [0.25, 0.3) is 0 Å². The summed E-state index contributed by atoms with van der Waals surface area (Å²) in [5.74, 6) is 1.64. The van der Waals surface area contributed by atoms with Gasteiger partial charge in [0.05, 0.1) is 12.8 Å². The second-order valence-electron chi connectivity index (χ2n) is 5.30. The Balaban J connectivity index is 1.98. The van der Waals surface area contributed by atoms with Crippen molar-refractivity contribution in [3.63, 3.8) is 0 Å². The maximum absolute atomic E-state index is 5.50. The zero-order valence-corrected chi connectivity index (χ0v) is 13.2. The molecule has 118 valence electrons. The normalized spacial score (nSPS) is 10.7. The van der Waals surface area contributed by atoms with Gasteiger partial charge in [-0.25, -0.2) is 0 Å². The van der Waals surface area contributed by atoms with Gasteiger partial charge >= 0.3 is 0 Å². The van der Waals surface area contributed by atoms with Gasteiger partial charge in [0.15, 0.2) is 5.82 Å². The zero-order valence-electron chi connectivity index (χ0n) is 13.2. The molecule has 0 aliphatic rings. The summed E-state index contributed by atoms with van der Waals surface area (Å²) in [5, 5.41) is 8.82. The van der Waals surface area contributed by atoms with Crippen molar-refractivity contribution in [3.05, 3.63) is 79.1 Å². The van der Waals surface area contributed by atoms with Crippen LogP contribution in [-0.2, 0) is 0 Å². The van der Waals surface area contributed by atoms with Gasteiger partial charge in [-0.1, -0.05) is 35.5 Å². The number of benzene rings is 2. The Morgan fingerprint density at radius 2 is 1.54 bits per heavy atom. The molecule has 0 unspecified atom stereocenters. The number of para-hydroxylation sites is 2. The molecule has 4 aromatic rings. The molecule has 0 N–H and O–H groups in total. The first-order valence-corrected chi connectivity index (χ1v) is 7.66. The number of ether oxygens (including phenoxy) is 1. The Kier molecular flexibility index (Phi) is 3.59. The molecule has 2 aromatic carbocycles. The van der Waals surface area contributed by atoms with Gasteiger partial charge in [0, 0.05) is 18.0 Å². The van der Waals surface area contributed by atoms with E-state index in [1.54, 1.807) is 7.11 Å². The van der Waals surface area contributed by atoms with Crippen molar-refractivity contribution in [1.29, 1.82) is 0 Å². The summed E-state index contributed by atoms with van der Waals surface area (Å²) >= 11 is 0. The zero-order chi connectivity index (χ0) is 16.4. The standard InChI is InChI=1S/C19H16N4O/c1-24-17-12-6-5-11-16(17)18-19(22-13-7-8-14-22)23(21-20-18)15-9-3-2-4-10-15/h2-14H,1H3. The first-order valence-electron chi connectivity index (χ1n) is 7.66. The molecule has 2 aromatic heterocycles. The summed E-state index contributed by atoms with van der Waals surface area (Å²) in [5.41, 5.74) is 2.63. The van der Waals surface area contributed by atoms with Crippen molar-refractivity contribution in [3.8, 4) is 28.5 Å². The molecule has 5 heteroatoms. The highest BCUT2D eigenvalue weighted by Crippen LogP contribution is 2.33. The van der Waals surface area contributed by atoms with Gasteiger partial charge in [-0.3, -0.25) is 0 Å². The van der Waals surface area contributed by atoms with Crippen LogP contribution in [0.1, 0.15) is 0 Å². The molecule has 4 rings (SSSR count). The van der Waals surface area contributed by atoms with E-state index in [2.05, 4.69) is 10.3 Å². The van der Waals surface area contributed by atoms with Crippen LogP contribution in [0.3, 0.4) is 0 Å². The van der Waals surface area contributed by atoms with E-state index >= 15 is 0 Å². The Hall–Kier alpha value is -3.34. The summed E-state index contributed by atoms with van der Waals surface area (Å²) in [6.45, 7) is 0. The molecule has 5 nitrogen and oxygen atoms in total. The van der Waals surface area contributed by atoms with Crippen LogP contribution in [0.4, 0.5) is 0 Å². The van der Waals surface area contributed by atoms with Gasteiger partial charge in [0.2, 0.25) is 0 Å². The summed E-state index contributed by atoms with van der Waals surface area (Å²) < 4.78 is 9.34. The first-order chi connectivity index (χ1) is 11.9. The van der Waals surface area contributed by atoms with Crippen LogP contribution in [-0.4, -0.2) is 26.7 Å². The van der Waals surface area contributed by atoms with Crippen molar-refractivity contribution in [2.75, 3.05) is 7.11 Å². The monoisotopic (exact) mass is 316 g/mol. The molecule has 0 amide bonds. The lowest BCUT2D eigenvalue weighted by Crippen LogP contribution is -2.05. The van der Waals surface area contributed by atoms with Crippen molar-refractivity contribution < 1.29 is 4.74 Å². The number of hydrogen-bond acceptors (Lipinski definition) is 3. The SMILES string of the molecule is COc1ccccc1-c1nnn(-c2ccccc2)c1-n1cccc1. The van der Waals surface area contributed by atoms with E-state index in [9.17, 15) is 0 Å². The predicted molar refractivity (Wildman–Crippen MR) is 92.7 cm³/mol. The van der Waals surface area contributed by atoms with Crippen LogP contribution >= 0.6 is 0 Å². The van der Waals surface area contributed by atoms with E-state index in [0.29, 0.717) is 0 Å². The summed E-state index contributed by atoms with van der Waals surface area (Å²) in [6, 6.07) is 21.8. The molecule has 0 aliphatic carbocycles. The maximum atomic E-state index is 5.50. The molecule has 0 atom stereocenters. The molecular formula is C19H16N4O. The first kappa shape index (κ1) is 14.3. The number of rotatable bonds is 4. The Morgan fingerprint density at radius 1 is 0.833 bits per heavy atom. The maximum Gasteiger partial charge on any atom is 0.169 e. The van der Waals surface area contributed by atoms with Gasteiger partial charge in [-0.05, 0) is 36.4 Å². The molecular weight excluding hydrogens is 300 g/mol. The average molecular weight is 316 g/mol. The molecule has 0 aliphatic heterocycles. The topological polar surface area (TPSA) is 44.9 Å². The van der Waals surface area contributed by atoms with E-state index in [1.165, 1.54) is 0 Å². The van der Waals surface area contributed by atoms with E-state index in [-0.39, 0.29) is 0 Å². The second-order valence-corrected chi connectivity index (χ2v) is 5.30. The third-order valence-electron chi connectivity index (χ3n) is 3.86. The van der Waals surface area contributed by atoms with Crippen LogP contribution in [0.5, 0.6) is 5.75 Å². The highest BCUT2D eigenvalue weighted by molar-refractivity contribution is 5.73. The molecule has 24 heavy (non-hydrogen) atoms. The average Bonchev–Trinajstić information content (AvgIpc) is 3.31. The van der Waals surface area contributed by atoms with Crippen LogP contribution in [0.2, 0.25) is 0 Å². The van der Waals surface area contributed by atoms with Gasteiger partial charge in [0.1, 0.15) is 11.4 Å². The molecule has 0 spiro atoms. The Morgan fingerprint density at radius 3 is 2.29 bits per heavy atom. The smallest absolute Gasteiger partial charge is 0.169 e. The summed E-state index contributed by atoms with van der Waals surface area (Å²) in [6.07, 6.45) is 3.97. The molecule has 0 radical (unpaired) electrons.